The second kappa shape index (κ2) is 7.49. The smallest absolute Gasteiger partial charge is 0.0733 e. The molecule has 0 spiro atoms. The first-order valence-electron chi connectivity index (χ1n) is 7.82. The van der Waals surface area contributed by atoms with Crippen LogP contribution in [0.1, 0.15) is 66.7 Å². The van der Waals surface area contributed by atoms with Gasteiger partial charge in [0, 0.05) is 12.6 Å². The van der Waals surface area contributed by atoms with E-state index in [1.54, 1.807) is 0 Å². The zero-order chi connectivity index (χ0) is 13.6. The van der Waals surface area contributed by atoms with E-state index in [9.17, 15) is 0 Å². The summed E-state index contributed by atoms with van der Waals surface area (Å²) in [4.78, 5) is 0. The van der Waals surface area contributed by atoms with Gasteiger partial charge in [0.15, 0.2) is 0 Å². The highest BCUT2D eigenvalue weighted by molar-refractivity contribution is 4.94. The van der Waals surface area contributed by atoms with E-state index in [4.69, 9.17) is 4.74 Å². The minimum Gasteiger partial charge on any atom is -0.377 e. The van der Waals surface area contributed by atoms with Crippen molar-refractivity contribution in [3.8, 4) is 0 Å². The molecule has 0 aromatic carbocycles. The van der Waals surface area contributed by atoms with Crippen molar-refractivity contribution in [2.75, 3.05) is 13.2 Å². The van der Waals surface area contributed by atoms with Gasteiger partial charge in [0.25, 0.3) is 0 Å². The van der Waals surface area contributed by atoms with Crippen LogP contribution in [-0.2, 0) is 4.74 Å². The highest BCUT2D eigenvalue weighted by atomic mass is 16.5. The summed E-state index contributed by atoms with van der Waals surface area (Å²) in [6, 6.07) is 0.526. The zero-order valence-electron chi connectivity index (χ0n) is 13.1. The average molecular weight is 255 g/mol. The van der Waals surface area contributed by atoms with Gasteiger partial charge in [-0.25, -0.2) is 0 Å². The number of ether oxygens (including phenoxy) is 1. The van der Waals surface area contributed by atoms with E-state index in [1.165, 1.54) is 32.1 Å². The normalized spacial score (nSPS) is 27.7. The maximum Gasteiger partial charge on any atom is 0.0733 e. The van der Waals surface area contributed by atoms with Crippen LogP contribution in [0, 0.1) is 11.3 Å². The topological polar surface area (TPSA) is 21.3 Å². The van der Waals surface area contributed by atoms with Gasteiger partial charge in [-0.05, 0) is 43.6 Å². The van der Waals surface area contributed by atoms with Crippen molar-refractivity contribution in [2.45, 2.75) is 78.9 Å². The Labute approximate surface area is 114 Å². The molecule has 0 aromatic rings. The summed E-state index contributed by atoms with van der Waals surface area (Å²) >= 11 is 0. The molecule has 1 aliphatic rings. The highest BCUT2D eigenvalue weighted by Crippen LogP contribution is 2.37. The zero-order valence-corrected chi connectivity index (χ0v) is 13.1. The van der Waals surface area contributed by atoms with Gasteiger partial charge >= 0.3 is 0 Å². The molecule has 0 aliphatic heterocycles. The Balaban J connectivity index is 2.50. The molecule has 18 heavy (non-hydrogen) atoms. The van der Waals surface area contributed by atoms with Crippen LogP contribution in [0.25, 0.3) is 0 Å². The van der Waals surface area contributed by atoms with Crippen LogP contribution in [0.2, 0.25) is 0 Å². The summed E-state index contributed by atoms with van der Waals surface area (Å²) in [5.41, 5.74) is 0.371. The molecule has 2 unspecified atom stereocenters. The summed E-state index contributed by atoms with van der Waals surface area (Å²) < 4.78 is 6.18. The lowest BCUT2D eigenvalue weighted by Crippen LogP contribution is -2.53. The molecule has 2 atom stereocenters. The molecule has 1 rings (SSSR count). The van der Waals surface area contributed by atoms with Gasteiger partial charge in [-0.1, -0.05) is 41.0 Å². The minimum atomic E-state index is 0.371. The molecule has 108 valence electrons. The molecule has 2 nitrogen and oxygen atoms in total. The van der Waals surface area contributed by atoms with Crippen LogP contribution in [0.4, 0.5) is 0 Å². The first kappa shape index (κ1) is 16.0. The van der Waals surface area contributed by atoms with Crippen molar-refractivity contribution in [1.29, 1.82) is 0 Å². The first-order valence-corrected chi connectivity index (χ1v) is 7.82. The van der Waals surface area contributed by atoms with Crippen LogP contribution in [-0.4, -0.2) is 25.3 Å². The third-order valence-electron chi connectivity index (χ3n) is 4.16. The lowest BCUT2D eigenvalue weighted by Gasteiger charge is -2.44. The van der Waals surface area contributed by atoms with Crippen molar-refractivity contribution < 1.29 is 4.74 Å². The fraction of sp³-hybridized carbons (Fsp3) is 1.00. The van der Waals surface area contributed by atoms with Crippen LogP contribution in [0.3, 0.4) is 0 Å². The number of hydrogen-bond acceptors (Lipinski definition) is 2. The molecule has 0 amide bonds. The van der Waals surface area contributed by atoms with Crippen molar-refractivity contribution in [1.82, 2.24) is 5.32 Å². The van der Waals surface area contributed by atoms with E-state index in [0.29, 0.717) is 17.6 Å². The fourth-order valence-electron chi connectivity index (χ4n) is 2.93. The van der Waals surface area contributed by atoms with Crippen LogP contribution < -0.4 is 5.32 Å². The molecule has 1 aliphatic carbocycles. The van der Waals surface area contributed by atoms with Crippen molar-refractivity contribution in [2.24, 2.45) is 11.3 Å². The Morgan fingerprint density at radius 3 is 2.67 bits per heavy atom. The minimum absolute atomic E-state index is 0.371. The predicted molar refractivity (Wildman–Crippen MR) is 78.9 cm³/mol. The van der Waals surface area contributed by atoms with Gasteiger partial charge in [-0.2, -0.15) is 0 Å². The molecule has 0 bridgehead atoms. The number of rotatable bonds is 7. The van der Waals surface area contributed by atoms with Crippen molar-refractivity contribution in [3.05, 3.63) is 0 Å². The Morgan fingerprint density at radius 1 is 1.33 bits per heavy atom. The second-order valence-corrected chi connectivity index (χ2v) is 6.90. The first-order chi connectivity index (χ1) is 8.47. The maximum absolute atomic E-state index is 6.18. The Hall–Kier alpha value is -0.0800. The summed E-state index contributed by atoms with van der Waals surface area (Å²) in [7, 11) is 0. The van der Waals surface area contributed by atoms with Gasteiger partial charge in [-0.15, -0.1) is 0 Å². The van der Waals surface area contributed by atoms with Crippen LogP contribution in [0.15, 0.2) is 0 Å². The number of hydrogen-bond donors (Lipinski definition) is 1. The predicted octanol–water partition coefficient (Wildman–Crippen LogP) is 4.00. The quantitative estimate of drug-likeness (QED) is 0.742. The molecule has 1 fully saturated rings. The van der Waals surface area contributed by atoms with Gasteiger partial charge < -0.3 is 10.1 Å². The molecular weight excluding hydrogens is 222 g/mol. The third-order valence-corrected chi connectivity index (χ3v) is 4.16. The van der Waals surface area contributed by atoms with Gasteiger partial charge in [0.1, 0.15) is 0 Å². The SMILES string of the molecule is CCCNC1C(OCCC(C)C)CCCC1(C)C. The van der Waals surface area contributed by atoms with E-state index in [1.807, 2.05) is 0 Å². The van der Waals surface area contributed by atoms with Gasteiger partial charge in [0.2, 0.25) is 0 Å². The molecule has 0 aromatic heterocycles. The fourth-order valence-corrected chi connectivity index (χ4v) is 2.93. The Kier molecular flexibility index (Phi) is 6.65. The van der Waals surface area contributed by atoms with Crippen LogP contribution in [0.5, 0.6) is 0 Å². The van der Waals surface area contributed by atoms with Gasteiger partial charge in [-0.3, -0.25) is 0 Å². The van der Waals surface area contributed by atoms with Gasteiger partial charge in [0.05, 0.1) is 6.10 Å². The summed E-state index contributed by atoms with van der Waals surface area (Å²) in [6.45, 7) is 13.6. The van der Waals surface area contributed by atoms with E-state index in [0.717, 1.165) is 19.1 Å². The monoisotopic (exact) mass is 255 g/mol. The summed E-state index contributed by atoms with van der Waals surface area (Å²) in [5, 5.41) is 3.72. The van der Waals surface area contributed by atoms with E-state index >= 15 is 0 Å². The Bertz CT molecular complexity index is 225. The lowest BCUT2D eigenvalue weighted by molar-refractivity contribution is -0.0400. The molecule has 0 radical (unpaired) electrons. The lowest BCUT2D eigenvalue weighted by atomic mass is 9.71. The van der Waals surface area contributed by atoms with Crippen molar-refractivity contribution >= 4 is 0 Å². The largest absolute Gasteiger partial charge is 0.377 e. The van der Waals surface area contributed by atoms with E-state index in [2.05, 4.69) is 39.9 Å². The summed E-state index contributed by atoms with van der Waals surface area (Å²) in [5.74, 6) is 0.739. The van der Waals surface area contributed by atoms with E-state index < -0.39 is 0 Å². The standard InChI is InChI=1S/C16H33NO/c1-6-11-17-15-14(18-12-9-13(2)3)8-7-10-16(15,4)5/h13-15,17H,6-12H2,1-5H3. The third kappa shape index (κ3) is 4.89. The average Bonchev–Trinajstić information content (AvgIpc) is 2.27. The Morgan fingerprint density at radius 2 is 2.06 bits per heavy atom. The molecule has 0 saturated heterocycles. The highest BCUT2D eigenvalue weighted by Gasteiger charge is 2.38. The molecule has 0 heterocycles. The molecule has 2 heteroatoms. The number of nitrogens with one attached hydrogen (secondary N) is 1. The summed E-state index contributed by atoms with van der Waals surface area (Å²) in [6.07, 6.45) is 6.65. The van der Waals surface area contributed by atoms with Crippen molar-refractivity contribution in [3.63, 3.8) is 0 Å². The van der Waals surface area contributed by atoms with E-state index in [-0.39, 0.29) is 0 Å². The molecular formula is C16H33NO. The second-order valence-electron chi connectivity index (χ2n) is 6.90. The van der Waals surface area contributed by atoms with Crippen LogP contribution >= 0.6 is 0 Å². The maximum atomic E-state index is 6.18. The molecule has 1 saturated carbocycles. The molecule has 1 N–H and O–H groups in total.